The molecular formula is C23H29ClN2O3. The van der Waals surface area contributed by atoms with Crippen molar-refractivity contribution in [3.8, 4) is 5.75 Å². The molecule has 2 rings (SSSR count). The van der Waals surface area contributed by atoms with Crippen molar-refractivity contribution in [2.45, 2.75) is 52.2 Å². The summed E-state index contributed by atoms with van der Waals surface area (Å²) in [7, 11) is 1.61. The molecule has 0 aliphatic carbocycles. The number of rotatable bonds is 9. The van der Waals surface area contributed by atoms with Gasteiger partial charge in [-0.05, 0) is 55.7 Å². The number of carbonyl (C=O) groups excluding carboxylic acids is 2. The van der Waals surface area contributed by atoms with Crippen molar-refractivity contribution in [1.29, 1.82) is 0 Å². The van der Waals surface area contributed by atoms with Crippen LogP contribution in [0.2, 0.25) is 5.02 Å². The molecule has 2 aromatic carbocycles. The van der Waals surface area contributed by atoms with E-state index in [9.17, 15) is 9.59 Å². The third-order valence-electron chi connectivity index (χ3n) is 4.92. The number of carbonyl (C=O) groups is 2. The summed E-state index contributed by atoms with van der Waals surface area (Å²) in [4.78, 5) is 27.5. The number of hydrogen-bond acceptors (Lipinski definition) is 3. The van der Waals surface area contributed by atoms with Gasteiger partial charge in [0.05, 0.1) is 13.5 Å². The largest absolute Gasteiger partial charge is 0.497 e. The number of amides is 2. The number of ether oxygens (including phenoxy) is 1. The van der Waals surface area contributed by atoms with Crippen LogP contribution in [-0.4, -0.2) is 35.9 Å². The van der Waals surface area contributed by atoms with Gasteiger partial charge in [0, 0.05) is 17.6 Å². The zero-order chi connectivity index (χ0) is 21.4. The van der Waals surface area contributed by atoms with Crippen molar-refractivity contribution >= 4 is 23.4 Å². The van der Waals surface area contributed by atoms with Gasteiger partial charge in [-0.2, -0.15) is 0 Å². The average Bonchev–Trinajstić information content (AvgIpc) is 2.71. The van der Waals surface area contributed by atoms with Gasteiger partial charge in [-0.3, -0.25) is 9.59 Å². The Bertz CT molecular complexity index is 823. The third-order valence-corrected chi connectivity index (χ3v) is 5.16. The summed E-state index contributed by atoms with van der Waals surface area (Å²) in [6.45, 7) is 6.05. The van der Waals surface area contributed by atoms with E-state index in [1.807, 2.05) is 50.2 Å². The van der Waals surface area contributed by atoms with Crippen LogP contribution in [0.5, 0.6) is 5.75 Å². The van der Waals surface area contributed by atoms with Crippen molar-refractivity contribution in [2.75, 3.05) is 7.11 Å². The van der Waals surface area contributed by atoms with Crippen molar-refractivity contribution in [1.82, 2.24) is 10.2 Å². The lowest BCUT2D eigenvalue weighted by molar-refractivity contribution is -0.140. The maximum Gasteiger partial charge on any atom is 0.242 e. The van der Waals surface area contributed by atoms with Crippen molar-refractivity contribution in [3.05, 3.63) is 64.7 Å². The van der Waals surface area contributed by atoms with Gasteiger partial charge < -0.3 is 15.0 Å². The molecule has 5 nitrogen and oxygen atoms in total. The van der Waals surface area contributed by atoms with Gasteiger partial charge in [0.2, 0.25) is 11.8 Å². The van der Waals surface area contributed by atoms with E-state index in [0.29, 0.717) is 11.6 Å². The minimum absolute atomic E-state index is 0.0517. The second kappa shape index (κ2) is 10.9. The highest BCUT2D eigenvalue weighted by atomic mass is 35.5. The number of benzene rings is 2. The topological polar surface area (TPSA) is 58.6 Å². The quantitative estimate of drug-likeness (QED) is 0.665. The lowest BCUT2D eigenvalue weighted by Gasteiger charge is -2.30. The number of nitrogens with one attached hydrogen (secondary N) is 1. The van der Waals surface area contributed by atoms with Gasteiger partial charge >= 0.3 is 0 Å². The molecule has 0 bridgehead atoms. The molecule has 0 aliphatic heterocycles. The number of halogens is 1. The molecule has 0 spiro atoms. The first-order chi connectivity index (χ1) is 13.8. The monoisotopic (exact) mass is 416 g/mol. The summed E-state index contributed by atoms with van der Waals surface area (Å²) >= 11 is 6.05. The maximum atomic E-state index is 13.1. The van der Waals surface area contributed by atoms with Crippen LogP contribution < -0.4 is 10.1 Å². The van der Waals surface area contributed by atoms with Gasteiger partial charge in [-0.15, -0.1) is 0 Å². The Morgan fingerprint density at radius 2 is 1.79 bits per heavy atom. The van der Waals surface area contributed by atoms with Crippen LogP contribution in [-0.2, 0) is 22.6 Å². The van der Waals surface area contributed by atoms with E-state index in [0.717, 1.165) is 23.3 Å². The van der Waals surface area contributed by atoms with Crippen LogP contribution in [0.3, 0.4) is 0 Å². The fourth-order valence-electron chi connectivity index (χ4n) is 2.90. The molecule has 0 aromatic heterocycles. The zero-order valence-electron chi connectivity index (χ0n) is 17.4. The van der Waals surface area contributed by atoms with Crippen LogP contribution >= 0.6 is 11.6 Å². The first kappa shape index (κ1) is 22.8. The van der Waals surface area contributed by atoms with E-state index < -0.39 is 6.04 Å². The highest BCUT2D eigenvalue weighted by Crippen LogP contribution is 2.17. The van der Waals surface area contributed by atoms with E-state index in [2.05, 4.69) is 5.32 Å². The maximum absolute atomic E-state index is 13.1. The highest BCUT2D eigenvalue weighted by Gasteiger charge is 2.26. The number of methoxy groups -OCH3 is 1. The Balaban J connectivity index is 2.22. The van der Waals surface area contributed by atoms with Crippen molar-refractivity contribution < 1.29 is 14.3 Å². The minimum atomic E-state index is -0.599. The number of nitrogens with zero attached hydrogens (tertiary/aromatic N) is 1. The smallest absolute Gasteiger partial charge is 0.242 e. The second-order valence-electron chi connectivity index (χ2n) is 7.17. The van der Waals surface area contributed by atoms with Crippen LogP contribution in [0.25, 0.3) is 0 Å². The Kier molecular flexibility index (Phi) is 8.52. The number of hydrogen-bond donors (Lipinski definition) is 1. The molecule has 0 heterocycles. The van der Waals surface area contributed by atoms with E-state index >= 15 is 0 Å². The Morgan fingerprint density at radius 1 is 1.10 bits per heavy atom. The third kappa shape index (κ3) is 6.79. The Morgan fingerprint density at radius 3 is 2.38 bits per heavy atom. The molecule has 29 heavy (non-hydrogen) atoms. The van der Waals surface area contributed by atoms with Crippen LogP contribution in [0.1, 0.15) is 38.3 Å². The summed E-state index contributed by atoms with van der Waals surface area (Å²) in [5, 5.41) is 3.55. The molecule has 2 amide bonds. The van der Waals surface area contributed by atoms with Crippen LogP contribution in [0.4, 0.5) is 0 Å². The lowest BCUT2D eigenvalue weighted by atomic mass is 10.1. The normalized spacial score (nSPS) is 12.7. The second-order valence-corrected chi connectivity index (χ2v) is 7.61. The fraction of sp³-hybridized carbons (Fsp3) is 0.391. The molecule has 2 aromatic rings. The summed E-state index contributed by atoms with van der Waals surface area (Å²) in [6.07, 6.45) is 1.01. The van der Waals surface area contributed by atoms with Gasteiger partial charge in [-0.25, -0.2) is 0 Å². The molecule has 6 heteroatoms. The zero-order valence-corrected chi connectivity index (χ0v) is 18.2. The molecular weight excluding hydrogens is 388 g/mol. The SMILES string of the molecule is CC[C@H](C)NC(=O)[C@@H](C)N(Cc1ccc(OC)cc1)C(=O)Cc1cccc(Cl)c1. The fourth-order valence-corrected chi connectivity index (χ4v) is 3.11. The van der Waals surface area contributed by atoms with Crippen LogP contribution in [0, 0.1) is 0 Å². The molecule has 0 radical (unpaired) electrons. The van der Waals surface area contributed by atoms with Crippen LogP contribution in [0.15, 0.2) is 48.5 Å². The standard InChI is InChI=1S/C23H29ClN2O3/c1-5-16(2)25-23(28)17(3)26(15-18-9-11-21(29-4)12-10-18)22(27)14-19-7-6-8-20(24)13-19/h6-13,16-17H,5,14-15H2,1-4H3,(H,25,28)/t16-,17+/m0/s1. The molecule has 156 valence electrons. The predicted molar refractivity (Wildman–Crippen MR) is 116 cm³/mol. The highest BCUT2D eigenvalue weighted by molar-refractivity contribution is 6.30. The lowest BCUT2D eigenvalue weighted by Crippen LogP contribution is -2.49. The summed E-state index contributed by atoms with van der Waals surface area (Å²) in [6, 6.07) is 14.2. The van der Waals surface area contributed by atoms with Crippen molar-refractivity contribution in [2.24, 2.45) is 0 Å². The first-order valence-electron chi connectivity index (χ1n) is 9.81. The van der Waals surface area contributed by atoms with E-state index in [1.165, 1.54) is 0 Å². The average molecular weight is 417 g/mol. The summed E-state index contributed by atoms with van der Waals surface area (Å²) in [5.41, 5.74) is 1.74. The minimum Gasteiger partial charge on any atom is -0.497 e. The van der Waals surface area contributed by atoms with Gasteiger partial charge in [0.25, 0.3) is 0 Å². The molecule has 0 saturated heterocycles. The molecule has 0 unspecified atom stereocenters. The molecule has 0 saturated carbocycles. The van der Waals surface area contributed by atoms with Gasteiger partial charge in [0.15, 0.2) is 0 Å². The molecule has 0 fully saturated rings. The summed E-state index contributed by atoms with van der Waals surface area (Å²) in [5.74, 6) is 0.454. The molecule has 1 N–H and O–H groups in total. The Hall–Kier alpha value is -2.53. The summed E-state index contributed by atoms with van der Waals surface area (Å²) < 4.78 is 5.20. The van der Waals surface area contributed by atoms with E-state index in [-0.39, 0.29) is 24.3 Å². The first-order valence-corrected chi connectivity index (χ1v) is 10.2. The van der Waals surface area contributed by atoms with Gasteiger partial charge in [-0.1, -0.05) is 42.8 Å². The van der Waals surface area contributed by atoms with E-state index in [4.69, 9.17) is 16.3 Å². The Labute approximate surface area is 178 Å². The van der Waals surface area contributed by atoms with Crippen molar-refractivity contribution in [3.63, 3.8) is 0 Å². The molecule has 0 aliphatic rings. The van der Waals surface area contributed by atoms with Gasteiger partial charge in [0.1, 0.15) is 11.8 Å². The molecule has 2 atom stereocenters. The predicted octanol–water partition coefficient (Wildman–Crippen LogP) is 4.22. The van der Waals surface area contributed by atoms with E-state index in [1.54, 1.807) is 31.1 Å².